The summed E-state index contributed by atoms with van der Waals surface area (Å²) in [6.45, 7) is 0. The lowest BCUT2D eigenvalue weighted by Gasteiger charge is -2.50. The second-order valence-electron chi connectivity index (χ2n) is 10.2. The molecule has 10 heteroatoms. The molecule has 0 saturated heterocycles. The Labute approximate surface area is 227 Å². The molecular weight excluding hydrogens is 520 g/mol. The highest BCUT2D eigenvalue weighted by molar-refractivity contribution is 5.67. The fraction of sp³-hybridized carbons (Fsp3) is 0.200. The van der Waals surface area contributed by atoms with E-state index >= 15 is 0 Å². The molecule has 7 rings (SSSR count). The number of rotatable bonds is 2. The van der Waals surface area contributed by atoms with E-state index in [9.17, 15) is 35.7 Å². The molecule has 7 N–H and O–H groups in total. The number of aliphatic hydroxyl groups is 2. The number of hydrogen-bond acceptors (Lipinski definition) is 10. The van der Waals surface area contributed by atoms with Gasteiger partial charge < -0.3 is 50.0 Å². The quantitative estimate of drug-likeness (QED) is 0.199. The Hall–Kier alpha value is -4.80. The molecule has 0 unspecified atom stereocenters. The lowest BCUT2D eigenvalue weighted by atomic mass is 9.74. The molecule has 204 valence electrons. The lowest BCUT2D eigenvalue weighted by Crippen LogP contribution is -2.57. The molecule has 3 heterocycles. The lowest BCUT2D eigenvalue weighted by molar-refractivity contribution is -0.219. The minimum absolute atomic E-state index is 0.0107. The van der Waals surface area contributed by atoms with E-state index in [1.807, 2.05) is 0 Å². The van der Waals surface area contributed by atoms with Gasteiger partial charge in [0.2, 0.25) is 0 Å². The van der Waals surface area contributed by atoms with E-state index in [-0.39, 0.29) is 58.0 Å². The number of phenolic OH excluding ortho intramolecular Hbond substituents is 5. The van der Waals surface area contributed by atoms with Crippen molar-refractivity contribution in [2.45, 2.75) is 36.4 Å². The summed E-state index contributed by atoms with van der Waals surface area (Å²) in [6.07, 6.45) is -3.38. The summed E-state index contributed by atoms with van der Waals surface area (Å²) in [7, 11) is 0. The van der Waals surface area contributed by atoms with Crippen LogP contribution in [0.3, 0.4) is 0 Å². The van der Waals surface area contributed by atoms with Crippen LogP contribution in [0.25, 0.3) is 0 Å². The minimum Gasteiger partial charge on any atom is -0.508 e. The second kappa shape index (κ2) is 8.35. The number of fused-ring (bicyclic) bond motifs is 8. The highest BCUT2D eigenvalue weighted by Gasteiger charge is 2.60. The first-order valence-electron chi connectivity index (χ1n) is 12.6. The first-order valence-corrected chi connectivity index (χ1v) is 12.6. The summed E-state index contributed by atoms with van der Waals surface area (Å²) >= 11 is 0. The normalized spacial score (nSPS) is 25.9. The van der Waals surface area contributed by atoms with E-state index < -0.39 is 30.0 Å². The van der Waals surface area contributed by atoms with Crippen molar-refractivity contribution in [3.05, 3.63) is 94.5 Å². The number of phenols is 5. The maximum atomic E-state index is 11.9. The van der Waals surface area contributed by atoms with E-state index in [0.29, 0.717) is 22.3 Å². The van der Waals surface area contributed by atoms with Gasteiger partial charge in [-0.3, -0.25) is 0 Å². The summed E-state index contributed by atoms with van der Waals surface area (Å²) < 4.78 is 18.9. The Bertz CT molecular complexity index is 1650. The molecule has 2 bridgehead atoms. The van der Waals surface area contributed by atoms with Gasteiger partial charge in [0.05, 0.1) is 12.0 Å². The summed E-state index contributed by atoms with van der Waals surface area (Å²) in [6, 6.07) is 15.8. The molecule has 0 saturated carbocycles. The summed E-state index contributed by atoms with van der Waals surface area (Å²) in [5.41, 5.74) is 1.69. The van der Waals surface area contributed by atoms with E-state index in [0.717, 1.165) is 6.07 Å². The molecule has 0 fully saturated rings. The third-order valence-corrected chi connectivity index (χ3v) is 7.82. The molecule has 3 aliphatic rings. The van der Waals surface area contributed by atoms with Gasteiger partial charge in [0.25, 0.3) is 0 Å². The third kappa shape index (κ3) is 3.36. The predicted octanol–water partition coefficient (Wildman–Crippen LogP) is 3.38. The maximum Gasteiger partial charge on any atom is 0.305 e. The number of benzene rings is 4. The molecule has 40 heavy (non-hydrogen) atoms. The number of aliphatic hydroxyl groups excluding tert-OH is 2. The van der Waals surface area contributed by atoms with Gasteiger partial charge in [0.15, 0.2) is 0 Å². The van der Waals surface area contributed by atoms with E-state index in [1.165, 1.54) is 48.5 Å². The predicted molar refractivity (Wildman–Crippen MR) is 138 cm³/mol. The SMILES string of the molecule is Oc1ccc([C@@H]2Oc3c(c(O)cc4c3[C@@H]3c5c(O)cc(O)cc5O[C@](c5ccc(O)cc5)(O4)[C@H]3O)C[C@H]2O)cc1. The Morgan fingerprint density at radius 2 is 1.30 bits per heavy atom. The van der Waals surface area contributed by atoms with Crippen LogP contribution in [0.5, 0.6) is 46.0 Å². The van der Waals surface area contributed by atoms with Crippen LogP contribution in [0.15, 0.2) is 66.7 Å². The zero-order valence-corrected chi connectivity index (χ0v) is 20.7. The van der Waals surface area contributed by atoms with Crippen molar-refractivity contribution >= 4 is 0 Å². The van der Waals surface area contributed by atoms with Gasteiger partial charge in [-0.2, -0.15) is 0 Å². The Balaban J connectivity index is 1.47. The van der Waals surface area contributed by atoms with Crippen molar-refractivity contribution in [2.75, 3.05) is 0 Å². The molecular formula is C30H24O10. The molecule has 4 aromatic carbocycles. The number of hydrogen-bond donors (Lipinski definition) is 7. The van der Waals surface area contributed by atoms with Crippen LogP contribution < -0.4 is 14.2 Å². The van der Waals surface area contributed by atoms with Crippen molar-refractivity contribution in [3.8, 4) is 46.0 Å². The molecule has 0 aromatic heterocycles. The van der Waals surface area contributed by atoms with Crippen LogP contribution in [0.1, 0.15) is 39.8 Å². The molecule has 10 nitrogen and oxygen atoms in total. The largest absolute Gasteiger partial charge is 0.508 e. The highest BCUT2D eigenvalue weighted by atomic mass is 16.7. The van der Waals surface area contributed by atoms with Gasteiger partial charge in [-0.25, -0.2) is 0 Å². The Morgan fingerprint density at radius 1 is 0.675 bits per heavy atom. The van der Waals surface area contributed by atoms with E-state index in [4.69, 9.17) is 14.2 Å². The standard InChI is InChI=1S/C30H24O10/c31-15-5-1-13(2-6-15)27-21(36)11-18-19(34)12-23-25(28(18)38-27)26-24-20(35)9-17(33)10-22(24)39-30(40-23,29(26)37)14-3-7-16(32)8-4-14/h1-10,12,21,26-27,29,31-37H,11H2/t21-,26+,27+,29+,30-/m1/s1. The van der Waals surface area contributed by atoms with Crippen LogP contribution >= 0.6 is 0 Å². The van der Waals surface area contributed by atoms with Crippen molar-refractivity contribution in [3.63, 3.8) is 0 Å². The molecule has 0 spiro atoms. The zero-order chi connectivity index (χ0) is 27.9. The van der Waals surface area contributed by atoms with Gasteiger partial charge in [-0.1, -0.05) is 12.1 Å². The number of aromatic hydroxyl groups is 5. The van der Waals surface area contributed by atoms with Gasteiger partial charge in [0.1, 0.15) is 58.2 Å². The van der Waals surface area contributed by atoms with Crippen molar-refractivity contribution < 1.29 is 50.0 Å². The zero-order valence-electron chi connectivity index (χ0n) is 20.7. The molecule has 4 aromatic rings. The van der Waals surface area contributed by atoms with Gasteiger partial charge >= 0.3 is 5.79 Å². The minimum atomic E-state index is -1.89. The fourth-order valence-corrected chi connectivity index (χ4v) is 5.99. The summed E-state index contributed by atoms with van der Waals surface area (Å²) in [4.78, 5) is 0. The third-order valence-electron chi connectivity index (χ3n) is 7.82. The molecule has 0 amide bonds. The first kappa shape index (κ1) is 24.3. The van der Waals surface area contributed by atoms with Crippen LogP contribution in [0.4, 0.5) is 0 Å². The fourth-order valence-electron chi connectivity index (χ4n) is 5.99. The average Bonchev–Trinajstić information content (AvgIpc) is 2.90. The van der Waals surface area contributed by atoms with Gasteiger partial charge in [-0.05, 0) is 42.0 Å². The van der Waals surface area contributed by atoms with Crippen LogP contribution in [-0.2, 0) is 12.2 Å². The second-order valence-corrected chi connectivity index (χ2v) is 10.2. The van der Waals surface area contributed by atoms with Crippen molar-refractivity contribution in [2.24, 2.45) is 0 Å². The molecule has 3 aliphatic heterocycles. The van der Waals surface area contributed by atoms with Crippen molar-refractivity contribution in [1.82, 2.24) is 0 Å². The van der Waals surface area contributed by atoms with Crippen LogP contribution in [-0.4, -0.2) is 48.0 Å². The average molecular weight is 545 g/mol. The highest BCUT2D eigenvalue weighted by Crippen LogP contribution is 2.62. The number of ether oxygens (including phenoxy) is 3. The monoisotopic (exact) mass is 544 g/mol. The first-order chi connectivity index (χ1) is 19.2. The van der Waals surface area contributed by atoms with E-state index in [2.05, 4.69) is 0 Å². The van der Waals surface area contributed by atoms with Crippen LogP contribution in [0.2, 0.25) is 0 Å². The van der Waals surface area contributed by atoms with Gasteiger partial charge in [-0.15, -0.1) is 0 Å². The van der Waals surface area contributed by atoms with Crippen LogP contribution in [0, 0.1) is 0 Å². The smallest absolute Gasteiger partial charge is 0.305 e. The van der Waals surface area contributed by atoms with Gasteiger partial charge in [0, 0.05) is 46.9 Å². The Kier molecular flexibility index (Phi) is 5.06. The van der Waals surface area contributed by atoms with E-state index in [1.54, 1.807) is 12.1 Å². The topological polar surface area (TPSA) is 169 Å². The Morgan fingerprint density at radius 3 is 1.98 bits per heavy atom. The summed E-state index contributed by atoms with van der Waals surface area (Å²) in [5.74, 6) is -3.36. The molecule has 0 aliphatic carbocycles. The molecule has 0 radical (unpaired) electrons. The maximum absolute atomic E-state index is 11.9. The summed E-state index contributed by atoms with van der Waals surface area (Å²) in [5, 5.41) is 74.7. The van der Waals surface area contributed by atoms with Crippen molar-refractivity contribution in [1.29, 1.82) is 0 Å². The molecule has 5 atom stereocenters.